The van der Waals surface area contributed by atoms with Crippen LogP contribution in [0.25, 0.3) is 0 Å². The van der Waals surface area contributed by atoms with Crippen LogP contribution in [0.1, 0.15) is 26.7 Å². The van der Waals surface area contributed by atoms with Gasteiger partial charge in [-0.15, -0.1) is 0 Å². The molecule has 1 aliphatic carbocycles. The molecular weight excluding hydrogens is 263 g/mol. The Hall–Kier alpha value is 0.270. The Bertz CT molecular complexity index is 186. The van der Waals surface area contributed by atoms with Gasteiger partial charge in [0.1, 0.15) is 0 Å². The summed E-state index contributed by atoms with van der Waals surface area (Å²) in [5, 5.41) is 9.08. The molecule has 1 nitrogen and oxygen atoms in total. The highest BCUT2D eigenvalue weighted by molar-refractivity contribution is 14.1. The number of allylic oxidation sites excluding steroid dienone is 1. The van der Waals surface area contributed by atoms with Gasteiger partial charge in [-0.25, -0.2) is 0 Å². The van der Waals surface area contributed by atoms with Crippen LogP contribution in [-0.4, -0.2) is 9.53 Å². The third kappa shape index (κ3) is 1.78. The Kier molecular flexibility index (Phi) is 3.07. The van der Waals surface area contributed by atoms with Crippen LogP contribution in [0.5, 0.6) is 0 Å². The maximum atomic E-state index is 9.08. The maximum Gasteiger partial charge on any atom is 0.0854 e. The molecule has 2 atom stereocenters. The highest BCUT2D eigenvalue weighted by Crippen LogP contribution is 2.53. The standard InChI is InChI=1S/C10H17IO/c1-7(12)4-8-5-9(6-11)10(8,2)3/h8-9,12H,1,4-6H2,2-3H3. The van der Waals surface area contributed by atoms with Gasteiger partial charge in [0.2, 0.25) is 0 Å². The molecule has 0 aliphatic heterocycles. The van der Waals surface area contributed by atoms with Crippen molar-refractivity contribution < 1.29 is 5.11 Å². The fourth-order valence-electron chi connectivity index (χ4n) is 2.02. The van der Waals surface area contributed by atoms with E-state index in [-0.39, 0.29) is 0 Å². The van der Waals surface area contributed by atoms with Crippen LogP contribution in [0.2, 0.25) is 0 Å². The molecule has 0 spiro atoms. The smallest absolute Gasteiger partial charge is 0.0854 e. The van der Waals surface area contributed by atoms with Crippen LogP contribution in [-0.2, 0) is 0 Å². The minimum atomic E-state index is 0.347. The quantitative estimate of drug-likeness (QED) is 0.476. The number of halogens is 1. The number of hydrogen-bond acceptors (Lipinski definition) is 1. The third-order valence-electron chi connectivity index (χ3n) is 3.34. The Labute approximate surface area is 88.4 Å². The lowest BCUT2D eigenvalue weighted by molar-refractivity contribution is -0.00769. The van der Waals surface area contributed by atoms with Crippen molar-refractivity contribution in [1.82, 2.24) is 0 Å². The van der Waals surface area contributed by atoms with Gasteiger partial charge >= 0.3 is 0 Å². The summed E-state index contributed by atoms with van der Waals surface area (Å²) in [4.78, 5) is 0. The van der Waals surface area contributed by atoms with Gasteiger partial charge in [-0.05, 0) is 23.7 Å². The molecule has 0 saturated heterocycles. The van der Waals surface area contributed by atoms with E-state index in [1.807, 2.05) is 0 Å². The molecule has 0 aromatic carbocycles. The molecule has 70 valence electrons. The first kappa shape index (κ1) is 10.4. The molecule has 0 heterocycles. The van der Waals surface area contributed by atoms with Crippen molar-refractivity contribution in [2.45, 2.75) is 26.7 Å². The summed E-state index contributed by atoms with van der Waals surface area (Å²) in [6.45, 7) is 8.15. The van der Waals surface area contributed by atoms with Crippen molar-refractivity contribution in [3.8, 4) is 0 Å². The molecule has 1 aliphatic rings. The van der Waals surface area contributed by atoms with E-state index in [0.717, 1.165) is 12.3 Å². The van der Waals surface area contributed by atoms with Crippen molar-refractivity contribution >= 4 is 22.6 Å². The zero-order valence-corrected chi connectivity index (χ0v) is 9.97. The van der Waals surface area contributed by atoms with Gasteiger partial charge in [-0.2, -0.15) is 0 Å². The van der Waals surface area contributed by atoms with Gasteiger partial charge < -0.3 is 5.11 Å². The first-order valence-electron chi connectivity index (χ1n) is 4.41. The highest BCUT2D eigenvalue weighted by atomic mass is 127. The van der Waals surface area contributed by atoms with Gasteiger partial charge in [0, 0.05) is 10.8 Å². The minimum Gasteiger partial charge on any atom is -0.513 e. The van der Waals surface area contributed by atoms with Crippen LogP contribution >= 0.6 is 22.6 Å². The van der Waals surface area contributed by atoms with Crippen molar-refractivity contribution in [3.05, 3.63) is 12.3 Å². The molecule has 0 radical (unpaired) electrons. The van der Waals surface area contributed by atoms with E-state index >= 15 is 0 Å². The van der Waals surface area contributed by atoms with Crippen molar-refractivity contribution in [2.75, 3.05) is 4.43 Å². The minimum absolute atomic E-state index is 0.347. The van der Waals surface area contributed by atoms with Crippen molar-refractivity contribution in [2.24, 2.45) is 17.3 Å². The Morgan fingerprint density at radius 1 is 1.58 bits per heavy atom. The second-order valence-electron chi connectivity index (χ2n) is 4.38. The van der Waals surface area contributed by atoms with Crippen molar-refractivity contribution in [3.63, 3.8) is 0 Å². The van der Waals surface area contributed by atoms with Gasteiger partial charge in [-0.3, -0.25) is 0 Å². The summed E-state index contributed by atoms with van der Waals surface area (Å²) in [6.07, 6.45) is 2.05. The average Bonchev–Trinajstić information content (AvgIpc) is 1.96. The van der Waals surface area contributed by atoms with E-state index in [9.17, 15) is 0 Å². The molecule has 0 amide bonds. The number of rotatable bonds is 3. The van der Waals surface area contributed by atoms with E-state index in [0.29, 0.717) is 17.1 Å². The van der Waals surface area contributed by atoms with E-state index in [1.165, 1.54) is 10.8 Å². The Morgan fingerprint density at radius 3 is 2.50 bits per heavy atom. The first-order chi connectivity index (χ1) is 5.48. The van der Waals surface area contributed by atoms with Crippen LogP contribution in [0, 0.1) is 17.3 Å². The number of aliphatic hydroxyl groups is 1. The molecule has 1 rings (SSSR count). The summed E-state index contributed by atoms with van der Waals surface area (Å²) in [5.74, 6) is 1.83. The lowest BCUT2D eigenvalue weighted by Crippen LogP contribution is -2.45. The summed E-state index contributed by atoms with van der Waals surface area (Å²) in [5.41, 5.74) is 0.410. The monoisotopic (exact) mass is 280 g/mol. The predicted octanol–water partition coefficient (Wildman–Crippen LogP) is 3.55. The molecule has 12 heavy (non-hydrogen) atoms. The molecule has 0 bridgehead atoms. The number of aliphatic hydroxyl groups excluding tert-OH is 1. The maximum absolute atomic E-state index is 9.08. The second kappa shape index (κ2) is 3.56. The molecule has 2 unspecified atom stereocenters. The van der Waals surface area contributed by atoms with Crippen molar-refractivity contribution in [1.29, 1.82) is 0 Å². The molecule has 1 fully saturated rings. The number of alkyl halides is 1. The van der Waals surface area contributed by atoms with Crippen LogP contribution < -0.4 is 0 Å². The van der Waals surface area contributed by atoms with E-state index in [2.05, 4.69) is 43.0 Å². The summed E-state index contributed by atoms with van der Waals surface area (Å²) in [7, 11) is 0. The second-order valence-corrected chi connectivity index (χ2v) is 5.26. The van der Waals surface area contributed by atoms with E-state index in [1.54, 1.807) is 0 Å². The zero-order chi connectivity index (χ0) is 9.35. The molecule has 2 heteroatoms. The van der Waals surface area contributed by atoms with Gasteiger partial charge in [0.25, 0.3) is 0 Å². The van der Waals surface area contributed by atoms with Gasteiger partial charge in [0.15, 0.2) is 0 Å². The summed E-state index contributed by atoms with van der Waals surface area (Å²) >= 11 is 2.45. The van der Waals surface area contributed by atoms with E-state index in [4.69, 9.17) is 5.11 Å². The molecule has 1 N–H and O–H groups in total. The lowest BCUT2D eigenvalue weighted by atomic mass is 9.54. The summed E-state index contributed by atoms with van der Waals surface area (Å²) < 4.78 is 1.24. The molecule has 0 aromatic heterocycles. The Balaban J connectivity index is 2.47. The molecule has 0 aromatic rings. The normalized spacial score (nSPS) is 32.6. The van der Waals surface area contributed by atoms with E-state index < -0.39 is 0 Å². The predicted molar refractivity (Wildman–Crippen MR) is 60.7 cm³/mol. The largest absolute Gasteiger partial charge is 0.513 e. The number of hydrogen-bond donors (Lipinski definition) is 1. The highest BCUT2D eigenvalue weighted by Gasteiger charge is 2.46. The topological polar surface area (TPSA) is 20.2 Å². The van der Waals surface area contributed by atoms with Crippen LogP contribution in [0.3, 0.4) is 0 Å². The van der Waals surface area contributed by atoms with Crippen LogP contribution in [0.4, 0.5) is 0 Å². The average molecular weight is 280 g/mol. The molecule has 1 saturated carbocycles. The molecular formula is C10H17IO. The lowest BCUT2D eigenvalue weighted by Gasteiger charge is -2.52. The summed E-state index contributed by atoms with van der Waals surface area (Å²) in [6, 6.07) is 0. The fourth-order valence-corrected chi connectivity index (χ4v) is 3.51. The van der Waals surface area contributed by atoms with Gasteiger partial charge in [-0.1, -0.05) is 43.0 Å². The third-order valence-corrected chi connectivity index (χ3v) is 4.40. The Morgan fingerprint density at radius 2 is 2.17 bits per heavy atom. The van der Waals surface area contributed by atoms with Gasteiger partial charge in [0.05, 0.1) is 5.76 Å². The SMILES string of the molecule is C=C(O)CC1CC(CI)C1(C)C. The zero-order valence-electron chi connectivity index (χ0n) is 7.81. The first-order valence-corrected chi connectivity index (χ1v) is 5.93. The van der Waals surface area contributed by atoms with Crippen LogP contribution in [0.15, 0.2) is 12.3 Å². The fraction of sp³-hybridized carbons (Fsp3) is 0.800.